The van der Waals surface area contributed by atoms with Crippen LogP contribution in [0, 0.1) is 5.82 Å². The molecule has 0 aliphatic heterocycles. The molecule has 174 valence electrons. The van der Waals surface area contributed by atoms with E-state index in [0.717, 1.165) is 0 Å². The maximum Gasteiger partial charge on any atom is 0.410 e. The molecule has 3 N–H and O–H groups in total. The maximum absolute atomic E-state index is 13.9. The first-order valence-corrected chi connectivity index (χ1v) is 9.97. The molecule has 9 heteroatoms. The Balaban J connectivity index is 3.10. The summed E-state index contributed by atoms with van der Waals surface area (Å²) in [7, 11) is 4.50. The molecule has 0 heterocycles. The highest BCUT2D eigenvalue weighted by atomic mass is 19.1. The van der Waals surface area contributed by atoms with Crippen LogP contribution >= 0.6 is 0 Å². The Hall–Kier alpha value is -2.97. The van der Waals surface area contributed by atoms with Gasteiger partial charge in [0.15, 0.2) is 0 Å². The van der Waals surface area contributed by atoms with Crippen LogP contribution < -0.4 is 11.1 Å². The van der Waals surface area contributed by atoms with Crippen LogP contribution in [0.4, 0.5) is 9.18 Å². The lowest BCUT2D eigenvalue weighted by molar-refractivity contribution is 0.0212. The van der Waals surface area contributed by atoms with Gasteiger partial charge in [-0.1, -0.05) is 0 Å². The van der Waals surface area contributed by atoms with E-state index in [1.54, 1.807) is 41.8 Å². The number of carbonyl (C=O) groups excluding carboxylic acids is 2. The van der Waals surface area contributed by atoms with E-state index in [0.29, 0.717) is 11.3 Å². The minimum absolute atomic E-state index is 0.192. The zero-order chi connectivity index (χ0) is 23.9. The molecule has 0 radical (unpaired) electrons. The van der Waals surface area contributed by atoms with Crippen molar-refractivity contribution in [2.45, 2.75) is 58.8 Å². The molecular formula is C22H34FN3O5. The smallest absolute Gasteiger partial charge is 0.410 e. The van der Waals surface area contributed by atoms with Crippen molar-refractivity contribution in [3.63, 3.8) is 0 Å². The third kappa shape index (κ3) is 7.66. The third-order valence-corrected chi connectivity index (χ3v) is 4.57. The van der Waals surface area contributed by atoms with Crippen LogP contribution in [-0.2, 0) is 14.2 Å². The lowest BCUT2D eigenvalue weighted by atomic mass is 10.0. The van der Waals surface area contributed by atoms with Gasteiger partial charge in [-0.05, 0) is 52.8 Å². The lowest BCUT2D eigenvalue weighted by Gasteiger charge is -2.30. The molecule has 0 saturated heterocycles. The molecule has 1 unspecified atom stereocenters. The molecule has 8 nitrogen and oxygen atoms in total. The van der Waals surface area contributed by atoms with E-state index in [9.17, 15) is 14.0 Å². The van der Waals surface area contributed by atoms with Gasteiger partial charge in [0, 0.05) is 32.1 Å². The number of benzene rings is 1. The second-order valence-electron chi connectivity index (χ2n) is 8.21. The van der Waals surface area contributed by atoms with Crippen molar-refractivity contribution in [1.82, 2.24) is 10.2 Å². The summed E-state index contributed by atoms with van der Waals surface area (Å²) in [6.45, 7) is 8.86. The number of methoxy groups -OCH3 is 1. The van der Waals surface area contributed by atoms with Crippen molar-refractivity contribution < 1.29 is 28.2 Å². The molecule has 1 aromatic rings. The highest BCUT2D eigenvalue weighted by Gasteiger charge is 2.26. The van der Waals surface area contributed by atoms with Gasteiger partial charge >= 0.3 is 12.1 Å². The summed E-state index contributed by atoms with van der Waals surface area (Å²) >= 11 is 0. The maximum atomic E-state index is 13.9. The number of hydrogen-bond acceptors (Lipinski definition) is 7. The lowest BCUT2D eigenvalue weighted by Crippen LogP contribution is -2.40. The zero-order valence-corrected chi connectivity index (χ0v) is 19.5. The van der Waals surface area contributed by atoms with Gasteiger partial charge < -0.3 is 30.2 Å². The molecule has 2 atom stereocenters. The van der Waals surface area contributed by atoms with Gasteiger partial charge in [-0.25, -0.2) is 14.0 Å². The minimum Gasteiger partial charge on any atom is -0.487 e. The minimum atomic E-state index is -0.717. The van der Waals surface area contributed by atoms with Gasteiger partial charge in [-0.2, -0.15) is 0 Å². The first-order chi connectivity index (χ1) is 14.3. The standard InChI is InChI=1S/C22H34FN3O5/c1-13(26(7)21(28)31-22(3,4)5)11-18(19(24)25-6)30-14(2)17-12-15(23)9-10-16(17)20(27)29-8/h9-10,12-14,25H,11,24H2,1-8H3/b19-18+/t13?,14-/m1/s1. The van der Waals surface area contributed by atoms with Crippen molar-refractivity contribution >= 4 is 12.1 Å². The normalized spacial score (nSPS) is 14.1. The Morgan fingerprint density at radius 1 is 1.26 bits per heavy atom. The summed E-state index contributed by atoms with van der Waals surface area (Å²) < 4.78 is 30.1. The van der Waals surface area contributed by atoms with Crippen molar-refractivity contribution in [2.24, 2.45) is 5.73 Å². The predicted molar refractivity (Wildman–Crippen MR) is 116 cm³/mol. The van der Waals surface area contributed by atoms with E-state index >= 15 is 0 Å². The van der Waals surface area contributed by atoms with Crippen molar-refractivity contribution in [1.29, 1.82) is 0 Å². The van der Waals surface area contributed by atoms with Gasteiger partial charge in [-0.15, -0.1) is 0 Å². The molecule has 0 bridgehead atoms. The largest absolute Gasteiger partial charge is 0.487 e. The number of nitrogens with one attached hydrogen (secondary N) is 1. The average molecular weight is 440 g/mol. The molecule has 0 aromatic heterocycles. The molecule has 0 aliphatic rings. The zero-order valence-electron chi connectivity index (χ0n) is 19.5. The Labute approximate surface area is 183 Å². The number of carbonyl (C=O) groups is 2. The van der Waals surface area contributed by atoms with E-state index in [1.807, 2.05) is 6.92 Å². The Bertz CT molecular complexity index is 820. The molecule has 1 rings (SSSR count). The average Bonchev–Trinajstić information content (AvgIpc) is 2.69. The second-order valence-corrected chi connectivity index (χ2v) is 8.21. The number of amides is 1. The van der Waals surface area contributed by atoms with Crippen molar-refractivity contribution in [2.75, 3.05) is 21.2 Å². The highest BCUT2D eigenvalue weighted by Crippen LogP contribution is 2.28. The van der Waals surface area contributed by atoms with Crippen LogP contribution in [-0.4, -0.2) is 49.8 Å². The van der Waals surface area contributed by atoms with Crippen LogP contribution in [0.5, 0.6) is 0 Å². The van der Waals surface area contributed by atoms with Crippen molar-refractivity contribution in [3.8, 4) is 0 Å². The summed E-state index contributed by atoms with van der Waals surface area (Å²) in [6, 6.07) is 3.43. The first kappa shape index (κ1) is 26.1. The van der Waals surface area contributed by atoms with E-state index in [1.165, 1.54) is 30.2 Å². The molecule has 0 aliphatic carbocycles. The monoisotopic (exact) mass is 439 g/mol. The SMILES string of the molecule is CN/C(N)=C(\CC(C)N(C)C(=O)OC(C)(C)C)O[C@H](C)c1cc(F)ccc1C(=O)OC. The second kappa shape index (κ2) is 10.9. The fraction of sp³-hybridized carbons (Fsp3) is 0.545. The quantitative estimate of drug-likeness (QED) is 0.470. The number of halogens is 1. The molecule has 0 spiro atoms. The van der Waals surface area contributed by atoms with E-state index in [4.69, 9.17) is 19.9 Å². The van der Waals surface area contributed by atoms with Crippen LogP contribution in [0.3, 0.4) is 0 Å². The molecular weight excluding hydrogens is 405 g/mol. The van der Waals surface area contributed by atoms with E-state index in [-0.39, 0.29) is 23.8 Å². The number of hydrogen-bond donors (Lipinski definition) is 2. The van der Waals surface area contributed by atoms with Gasteiger partial charge in [-0.3, -0.25) is 0 Å². The molecule has 0 fully saturated rings. The summed E-state index contributed by atoms with van der Waals surface area (Å²) in [5, 5.41) is 2.83. The summed E-state index contributed by atoms with van der Waals surface area (Å²) in [4.78, 5) is 25.9. The number of ether oxygens (including phenoxy) is 3. The Morgan fingerprint density at radius 2 is 1.87 bits per heavy atom. The van der Waals surface area contributed by atoms with Gasteiger partial charge in [0.1, 0.15) is 29.1 Å². The first-order valence-electron chi connectivity index (χ1n) is 9.97. The fourth-order valence-corrected chi connectivity index (χ4v) is 2.72. The Morgan fingerprint density at radius 3 is 2.39 bits per heavy atom. The molecule has 31 heavy (non-hydrogen) atoms. The summed E-state index contributed by atoms with van der Waals surface area (Å²) in [5.41, 5.74) is 5.96. The van der Waals surface area contributed by atoms with Crippen LogP contribution in [0.2, 0.25) is 0 Å². The van der Waals surface area contributed by atoms with Crippen molar-refractivity contribution in [3.05, 3.63) is 46.7 Å². The highest BCUT2D eigenvalue weighted by molar-refractivity contribution is 5.91. The van der Waals surface area contributed by atoms with Crippen LogP contribution in [0.15, 0.2) is 29.8 Å². The Kier molecular flexibility index (Phi) is 9.15. The van der Waals surface area contributed by atoms with Crippen LogP contribution in [0.1, 0.15) is 63.1 Å². The summed E-state index contributed by atoms with van der Waals surface area (Å²) in [6.07, 6.45) is -0.936. The molecule has 1 aromatic carbocycles. The fourth-order valence-electron chi connectivity index (χ4n) is 2.72. The van der Waals surface area contributed by atoms with Gasteiger partial charge in [0.05, 0.1) is 12.7 Å². The van der Waals surface area contributed by atoms with Gasteiger partial charge in [0.25, 0.3) is 0 Å². The number of rotatable bonds is 8. The number of esters is 1. The summed E-state index contributed by atoms with van der Waals surface area (Å²) in [5.74, 6) is -0.496. The topological polar surface area (TPSA) is 103 Å². The van der Waals surface area contributed by atoms with E-state index < -0.39 is 29.6 Å². The number of nitrogens with two attached hydrogens (primary N) is 1. The molecule has 0 saturated carbocycles. The van der Waals surface area contributed by atoms with Gasteiger partial charge in [0.2, 0.25) is 0 Å². The van der Waals surface area contributed by atoms with E-state index in [2.05, 4.69) is 5.32 Å². The van der Waals surface area contributed by atoms with Crippen LogP contribution in [0.25, 0.3) is 0 Å². The predicted octanol–water partition coefficient (Wildman–Crippen LogP) is 3.68. The third-order valence-electron chi connectivity index (χ3n) is 4.57. The molecule has 1 amide bonds. The number of nitrogens with zero attached hydrogens (tertiary/aromatic N) is 1.